The van der Waals surface area contributed by atoms with Gasteiger partial charge in [0.2, 0.25) is 0 Å². The van der Waals surface area contributed by atoms with Crippen molar-refractivity contribution in [3.8, 4) is 0 Å². The molecule has 2 N–H and O–H groups in total. The summed E-state index contributed by atoms with van der Waals surface area (Å²) in [6.07, 6.45) is 5.74. The molecular formula is C17H24FNO. The maximum absolute atomic E-state index is 13.7. The molecule has 2 atom stereocenters. The molecule has 110 valence electrons. The molecule has 20 heavy (non-hydrogen) atoms. The molecule has 0 saturated heterocycles. The Morgan fingerprint density at radius 1 is 1.15 bits per heavy atom. The monoisotopic (exact) mass is 277 g/mol. The second kappa shape index (κ2) is 6.23. The Morgan fingerprint density at radius 3 is 2.65 bits per heavy atom. The van der Waals surface area contributed by atoms with Crippen molar-refractivity contribution in [1.82, 2.24) is 5.32 Å². The normalized spacial score (nSPS) is 33.1. The summed E-state index contributed by atoms with van der Waals surface area (Å²) in [5, 5.41) is 12.9. The molecule has 2 aliphatic carbocycles. The minimum Gasteiger partial charge on any atom is -0.396 e. The summed E-state index contributed by atoms with van der Waals surface area (Å²) in [5.74, 6) is 1.44. The van der Waals surface area contributed by atoms with Crippen molar-refractivity contribution in [1.29, 1.82) is 0 Å². The van der Waals surface area contributed by atoms with Crippen molar-refractivity contribution in [2.45, 2.75) is 44.1 Å². The van der Waals surface area contributed by atoms with E-state index in [9.17, 15) is 9.50 Å². The lowest BCUT2D eigenvalue weighted by molar-refractivity contribution is 0.182. The van der Waals surface area contributed by atoms with Crippen LogP contribution >= 0.6 is 0 Å². The van der Waals surface area contributed by atoms with E-state index in [1.165, 1.54) is 19.3 Å². The fourth-order valence-electron chi connectivity index (χ4n) is 3.79. The SMILES string of the molecule is OCC1CCCC1CNC1CC(c2ccccc2F)C1. The summed E-state index contributed by atoms with van der Waals surface area (Å²) in [6.45, 7) is 1.34. The van der Waals surface area contributed by atoms with Gasteiger partial charge in [0.05, 0.1) is 0 Å². The molecule has 2 aliphatic rings. The van der Waals surface area contributed by atoms with Gasteiger partial charge in [0.1, 0.15) is 5.82 Å². The second-order valence-corrected chi connectivity index (χ2v) is 6.43. The van der Waals surface area contributed by atoms with Crippen LogP contribution < -0.4 is 5.32 Å². The van der Waals surface area contributed by atoms with Gasteiger partial charge in [-0.1, -0.05) is 24.6 Å². The average molecular weight is 277 g/mol. The number of benzene rings is 1. The van der Waals surface area contributed by atoms with E-state index in [4.69, 9.17) is 0 Å². The third-order valence-corrected chi connectivity index (χ3v) is 5.20. The highest BCUT2D eigenvalue weighted by Gasteiger charge is 2.33. The molecule has 2 nitrogen and oxygen atoms in total. The lowest BCUT2D eigenvalue weighted by Gasteiger charge is -2.37. The van der Waals surface area contributed by atoms with Crippen molar-refractivity contribution in [2.75, 3.05) is 13.2 Å². The summed E-state index contributed by atoms with van der Waals surface area (Å²) >= 11 is 0. The van der Waals surface area contributed by atoms with Gasteiger partial charge in [0.15, 0.2) is 0 Å². The van der Waals surface area contributed by atoms with Crippen LogP contribution in [-0.4, -0.2) is 24.3 Å². The van der Waals surface area contributed by atoms with Gasteiger partial charge in [-0.3, -0.25) is 0 Å². The molecule has 2 fully saturated rings. The Labute approximate surface area is 120 Å². The Morgan fingerprint density at radius 2 is 1.90 bits per heavy atom. The van der Waals surface area contributed by atoms with E-state index in [2.05, 4.69) is 5.32 Å². The Balaban J connectivity index is 1.44. The van der Waals surface area contributed by atoms with Crippen LogP contribution in [-0.2, 0) is 0 Å². The second-order valence-electron chi connectivity index (χ2n) is 6.43. The number of nitrogens with one attached hydrogen (secondary N) is 1. The lowest BCUT2D eigenvalue weighted by atomic mass is 9.75. The molecular weight excluding hydrogens is 253 g/mol. The maximum atomic E-state index is 13.7. The zero-order valence-corrected chi connectivity index (χ0v) is 11.9. The molecule has 0 aliphatic heterocycles. The summed E-state index contributed by atoms with van der Waals surface area (Å²) < 4.78 is 13.7. The number of rotatable bonds is 5. The van der Waals surface area contributed by atoms with Gasteiger partial charge in [-0.2, -0.15) is 0 Å². The van der Waals surface area contributed by atoms with Crippen LogP contribution in [0.15, 0.2) is 24.3 Å². The highest BCUT2D eigenvalue weighted by Crippen LogP contribution is 2.38. The maximum Gasteiger partial charge on any atom is 0.126 e. The predicted octanol–water partition coefficient (Wildman–Crippen LogP) is 3.07. The van der Waals surface area contributed by atoms with Gasteiger partial charge in [-0.05, 0) is 61.6 Å². The molecule has 0 amide bonds. The van der Waals surface area contributed by atoms with Crippen molar-refractivity contribution >= 4 is 0 Å². The fourth-order valence-corrected chi connectivity index (χ4v) is 3.79. The summed E-state index contributed by atoms with van der Waals surface area (Å²) in [4.78, 5) is 0. The minimum absolute atomic E-state index is 0.0629. The minimum atomic E-state index is -0.0629. The summed E-state index contributed by atoms with van der Waals surface area (Å²) in [7, 11) is 0. The van der Waals surface area contributed by atoms with Crippen molar-refractivity contribution in [3.63, 3.8) is 0 Å². The number of aliphatic hydroxyl groups excluding tert-OH is 1. The van der Waals surface area contributed by atoms with E-state index in [1.807, 2.05) is 12.1 Å². The molecule has 1 aromatic rings. The van der Waals surface area contributed by atoms with Gasteiger partial charge in [0, 0.05) is 12.6 Å². The van der Waals surface area contributed by atoms with Gasteiger partial charge in [0.25, 0.3) is 0 Å². The van der Waals surface area contributed by atoms with E-state index >= 15 is 0 Å². The van der Waals surface area contributed by atoms with Gasteiger partial charge in [-0.25, -0.2) is 4.39 Å². The first kappa shape index (κ1) is 14.0. The van der Waals surface area contributed by atoms with Crippen LogP contribution in [0.3, 0.4) is 0 Å². The smallest absolute Gasteiger partial charge is 0.126 e. The van der Waals surface area contributed by atoms with Crippen LogP contribution in [0.25, 0.3) is 0 Å². The van der Waals surface area contributed by atoms with Crippen LogP contribution in [0.4, 0.5) is 4.39 Å². The molecule has 2 unspecified atom stereocenters. The molecule has 2 saturated carbocycles. The molecule has 0 aromatic heterocycles. The van der Waals surface area contributed by atoms with Gasteiger partial charge >= 0.3 is 0 Å². The quantitative estimate of drug-likeness (QED) is 0.867. The third kappa shape index (κ3) is 2.89. The Hall–Kier alpha value is -0.930. The molecule has 0 bridgehead atoms. The Bertz CT molecular complexity index is 444. The van der Waals surface area contributed by atoms with Crippen LogP contribution in [0.2, 0.25) is 0 Å². The van der Waals surface area contributed by atoms with E-state index in [1.54, 1.807) is 12.1 Å². The van der Waals surface area contributed by atoms with E-state index in [0.717, 1.165) is 24.9 Å². The van der Waals surface area contributed by atoms with Crippen molar-refractivity contribution in [3.05, 3.63) is 35.6 Å². The fraction of sp³-hybridized carbons (Fsp3) is 0.647. The topological polar surface area (TPSA) is 32.3 Å². The first-order valence-corrected chi connectivity index (χ1v) is 7.86. The highest BCUT2D eigenvalue weighted by atomic mass is 19.1. The standard InChI is InChI=1S/C17H24FNO/c18-17-7-2-1-6-16(17)14-8-15(9-14)19-10-12-4-3-5-13(12)11-20/h1-2,6-7,12-15,19-20H,3-5,8-11H2. The first-order chi connectivity index (χ1) is 9.78. The molecule has 0 spiro atoms. The zero-order valence-electron chi connectivity index (χ0n) is 11.9. The Kier molecular flexibility index (Phi) is 4.37. The summed E-state index contributed by atoms with van der Waals surface area (Å²) in [5.41, 5.74) is 0.875. The molecule has 0 radical (unpaired) electrons. The first-order valence-electron chi connectivity index (χ1n) is 7.86. The van der Waals surface area contributed by atoms with E-state index < -0.39 is 0 Å². The average Bonchev–Trinajstić information content (AvgIpc) is 2.86. The lowest BCUT2D eigenvalue weighted by Crippen LogP contribution is -2.43. The van der Waals surface area contributed by atoms with Crippen LogP contribution in [0, 0.1) is 17.7 Å². The number of hydrogen-bond acceptors (Lipinski definition) is 2. The third-order valence-electron chi connectivity index (χ3n) is 5.20. The van der Waals surface area contributed by atoms with Crippen LogP contribution in [0.5, 0.6) is 0 Å². The molecule has 0 heterocycles. The largest absolute Gasteiger partial charge is 0.396 e. The van der Waals surface area contributed by atoms with Crippen molar-refractivity contribution < 1.29 is 9.50 Å². The molecule has 1 aromatic carbocycles. The van der Waals surface area contributed by atoms with E-state index in [-0.39, 0.29) is 5.82 Å². The number of halogens is 1. The van der Waals surface area contributed by atoms with Crippen LogP contribution in [0.1, 0.15) is 43.6 Å². The van der Waals surface area contributed by atoms with Crippen molar-refractivity contribution in [2.24, 2.45) is 11.8 Å². The van der Waals surface area contributed by atoms with Gasteiger partial charge < -0.3 is 10.4 Å². The predicted molar refractivity (Wildman–Crippen MR) is 78.1 cm³/mol. The van der Waals surface area contributed by atoms with E-state index in [0.29, 0.717) is 30.4 Å². The van der Waals surface area contributed by atoms with Gasteiger partial charge in [-0.15, -0.1) is 0 Å². The number of hydrogen-bond donors (Lipinski definition) is 2. The molecule has 3 heteroatoms. The zero-order chi connectivity index (χ0) is 13.9. The molecule has 3 rings (SSSR count). The highest BCUT2D eigenvalue weighted by molar-refractivity contribution is 5.24. The number of aliphatic hydroxyl groups is 1. The summed E-state index contributed by atoms with van der Waals surface area (Å²) in [6, 6.07) is 7.67.